The van der Waals surface area contributed by atoms with E-state index >= 15 is 0 Å². The smallest absolute Gasteiger partial charge is 0.130 e. The largest absolute Gasteiger partial charge is 0.359 e. The second-order valence-corrected chi connectivity index (χ2v) is 4.76. The summed E-state index contributed by atoms with van der Waals surface area (Å²) in [6.07, 6.45) is 3.91. The highest BCUT2D eigenvalue weighted by Crippen LogP contribution is 2.14. The van der Waals surface area contributed by atoms with E-state index in [1.54, 1.807) is 6.33 Å². The lowest BCUT2D eigenvalue weighted by molar-refractivity contribution is 0.499. The van der Waals surface area contributed by atoms with Gasteiger partial charge in [-0.15, -0.1) is 0 Å². The lowest BCUT2D eigenvalue weighted by atomic mass is 10.1. The van der Waals surface area contributed by atoms with Crippen molar-refractivity contribution in [2.24, 2.45) is 4.99 Å². The summed E-state index contributed by atoms with van der Waals surface area (Å²) in [6.45, 7) is 6.22. The summed E-state index contributed by atoms with van der Waals surface area (Å²) in [4.78, 5) is 14.4. The van der Waals surface area contributed by atoms with Crippen molar-refractivity contribution in [2.75, 3.05) is 20.1 Å². The molecule has 2 rings (SSSR count). The van der Waals surface area contributed by atoms with Gasteiger partial charge in [-0.05, 0) is 31.0 Å². The molecule has 0 unspecified atom stereocenters. The first-order valence-corrected chi connectivity index (χ1v) is 6.95. The molecule has 0 radical (unpaired) electrons. The summed E-state index contributed by atoms with van der Waals surface area (Å²) < 4.78 is 0. The molecule has 1 N–H and O–H groups in total. The van der Waals surface area contributed by atoms with E-state index in [1.165, 1.54) is 0 Å². The number of imidazole rings is 1. The second kappa shape index (κ2) is 6.36. The molecule has 19 heavy (non-hydrogen) atoms. The molecular formula is C15H22N4. The predicted molar refractivity (Wildman–Crippen MR) is 80.7 cm³/mol. The highest BCUT2D eigenvalue weighted by molar-refractivity contribution is 6.01. The Morgan fingerprint density at radius 2 is 2.16 bits per heavy atom. The number of hydrogen-bond acceptors (Lipinski definition) is 2. The van der Waals surface area contributed by atoms with Crippen molar-refractivity contribution >= 4 is 16.9 Å². The number of aromatic nitrogens is 2. The first-order chi connectivity index (χ1) is 9.26. The quantitative estimate of drug-likeness (QED) is 0.661. The maximum Gasteiger partial charge on any atom is 0.130 e. The monoisotopic (exact) mass is 258 g/mol. The Balaban J connectivity index is 2.35. The number of rotatable bonds is 5. The minimum absolute atomic E-state index is 0.865. The van der Waals surface area contributed by atoms with Crippen LogP contribution in [0.1, 0.15) is 32.3 Å². The van der Waals surface area contributed by atoms with Gasteiger partial charge in [-0.25, -0.2) is 4.98 Å². The lowest BCUT2D eigenvalue weighted by Gasteiger charge is -2.21. The number of H-pyrrole nitrogens is 1. The summed E-state index contributed by atoms with van der Waals surface area (Å²) in [7, 11) is 2.11. The van der Waals surface area contributed by atoms with Crippen LogP contribution < -0.4 is 0 Å². The molecule has 2 aromatic rings. The van der Waals surface area contributed by atoms with Gasteiger partial charge >= 0.3 is 0 Å². The van der Waals surface area contributed by atoms with Crippen LogP contribution in [0.4, 0.5) is 0 Å². The maximum atomic E-state index is 4.73. The molecule has 1 aromatic carbocycles. The maximum absolute atomic E-state index is 4.73. The number of aliphatic imine (C=N–C) groups is 1. The predicted octanol–water partition coefficient (Wildman–Crippen LogP) is 3.06. The van der Waals surface area contributed by atoms with Crippen molar-refractivity contribution < 1.29 is 0 Å². The van der Waals surface area contributed by atoms with E-state index in [4.69, 9.17) is 4.99 Å². The Morgan fingerprint density at radius 1 is 1.32 bits per heavy atom. The van der Waals surface area contributed by atoms with Crippen LogP contribution in [0.15, 0.2) is 29.5 Å². The van der Waals surface area contributed by atoms with E-state index in [0.717, 1.165) is 48.4 Å². The molecule has 1 heterocycles. The summed E-state index contributed by atoms with van der Waals surface area (Å²) in [5.74, 6) is 1.07. The Labute approximate surface area is 114 Å². The van der Waals surface area contributed by atoms with Crippen molar-refractivity contribution in [2.45, 2.75) is 26.7 Å². The zero-order valence-electron chi connectivity index (χ0n) is 12.0. The zero-order valence-corrected chi connectivity index (χ0v) is 12.0. The van der Waals surface area contributed by atoms with Gasteiger partial charge in [0.15, 0.2) is 0 Å². The van der Waals surface area contributed by atoms with E-state index in [0.29, 0.717) is 0 Å². The Kier molecular flexibility index (Phi) is 4.55. The van der Waals surface area contributed by atoms with E-state index in [9.17, 15) is 0 Å². The molecule has 0 aliphatic carbocycles. The fourth-order valence-corrected chi connectivity index (χ4v) is 2.17. The Morgan fingerprint density at radius 3 is 2.89 bits per heavy atom. The average Bonchev–Trinajstić information content (AvgIpc) is 2.87. The molecule has 0 aliphatic rings. The first kappa shape index (κ1) is 13.6. The number of nitrogens with one attached hydrogen (secondary N) is 1. The van der Waals surface area contributed by atoms with E-state index in [2.05, 4.69) is 47.9 Å². The van der Waals surface area contributed by atoms with Gasteiger partial charge in [-0.2, -0.15) is 0 Å². The van der Waals surface area contributed by atoms with Gasteiger partial charge in [0, 0.05) is 25.7 Å². The van der Waals surface area contributed by atoms with Crippen LogP contribution in [0.5, 0.6) is 0 Å². The fourth-order valence-electron chi connectivity index (χ4n) is 2.17. The highest BCUT2D eigenvalue weighted by atomic mass is 15.2. The molecule has 0 fully saturated rings. The Bertz CT molecular complexity index is 556. The SMILES string of the molecule is CCCN=C(c1ccc2nc[nH]c2c1)N(C)CCC. The van der Waals surface area contributed by atoms with Gasteiger partial charge in [-0.1, -0.05) is 13.8 Å². The third-order valence-electron chi connectivity index (χ3n) is 3.08. The molecular weight excluding hydrogens is 236 g/mol. The molecule has 102 valence electrons. The van der Waals surface area contributed by atoms with E-state index < -0.39 is 0 Å². The van der Waals surface area contributed by atoms with Gasteiger partial charge in [0.1, 0.15) is 5.84 Å². The molecule has 0 bridgehead atoms. The van der Waals surface area contributed by atoms with Crippen LogP contribution in [-0.4, -0.2) is 40.8 Å². The highest BCUT2D eigenvalue weighted by Gasteiger charge is 2.09. The number of hydrogen-bond donors (Lipinski definition) is 1. The van der Waals surface area contributed by atoms with Gasteiger partial charge in [0.25, 0.3) is 0 Å². The summed E-state index contributed by atoms with van der Waals surface area (Å²) in [5.41, 5.74) is 3.21. The third kappa shape index (κ3) is 3.13. The van der Waals surface area contributed by atoms with Crippen molar-refractivity contribution in [3.8, 4) is 0 Å². The fraction of sp³-hybridized carbons (Fsp3) is 0.467. The average molecular weight is 258 g/mol. The Hall–Kier alpha value is -1.84. The lowest BCUT2D eigenvalue weighted by Crippen LogP contribution is -2.28. The van der Waals surface area contributed by atoms with Crippen molar-refractivity contribution in [1.29, 1.82) is 0 Å². The van der Waals surface area contributed by atoms with E-state index in [1.807, 2.05) is 6.07 Å². The van der Waals surface area contributed by atoms with Crippen LogP contribution >= 0.6 is 0 Å². The van der Waals surface area contributed by atoms with Crippen LogP contribution in [0.25, 0.3) is 11.0 Å². The third-order valence-corrected chi connectivity index (χ3v) is 3.08. The molecule has 0 spiro atoms. The number of nitrogens with zero attached hydrogens (tertiary/aromatic N) is 3. The molecule has 4 heteroatoms. The topological polar surface area (TPSA) is 44.3 Å². The van der Waals surface area contributed by atoms with Crippen molar-refractivity contribution in [1.82, 2.24) is 14.9 Å². The summed E-state index contributed by atoms with van der Waals surface area (Å²) in [5, 5.41) is 0. The van der Waals surface area contributed by atoms with E-state index in [-0.39, 0.29) is 0 Å². The minimum atomic E-state index is 0.865. The van der Waals surface area contributed by atoms with Gasteiger partial charge in [0.05, 0.1) is 17.4 Å². The molecule has 0 amide bonds. The van der Waals surface area contributed by atoms with Crippen molar-refractivity contribution in [3.05, 3.63) is 30.1 Å². The normalized spacial score (nSPS) is 12.1. The summed E-state index contributed by atoms with van der Waals surface area (Å²) >= 11 is 0. The molecule has 0 aliphatic heterocycles. The zero-order chi connectivity index (χ0) is 13.7. The van der Waals surface area contributed by atoms with Gasteiger partial charge in [-0.3, -0.25) is 4.99 Å². The number of amidine groups is 1. The molecule has 0 saturated heterocycles. The van der Waals surface area contributed by atoms with Crippen LogP contribution in [0.3, 0.4) is 0 Å². The van der Waals surface area contributed by atoms with Crippen LogP contribution in [-0.2, 0) is 0 Å². The van der Waals surface area contributed by atoms with Crippen LogP contribution in [0, 0.1) is 0 Å². The summed E-state index contributed by atoms with van der Waals surface area (Å²) in [6, 6.07) is 6.27. The first-order valence-electron chi connectivity index (χ1n) is 6.95. The van der Waals surface area contributed by atoms with Gasteiger partial charge < -0.3 is 9.88 Å². The molecule has 4 nitrogen and oxygen atoms in total. The standard InChI is InChI=1S/C15H22N4/c1-4-8-16-15(19(3)9-5-2)12-6-7-13-14(10-12)18-11-17-13/h6-7,10-11H,4-5,8-9H2,1-3H3,(H,17,18). The molecule has 0 saturated carbocycles. The second-order valence-electron chi connectivity index (χ2n) is 4.76. The number of benzene rings is 1. The minimum Gasteiger partial charge on any atom is -0.359 e. The molecule has 1 aromatic heterocycles. The van der Waals surface area contributed by atoms with Crippen molar-refractivity contribution in [3.63, 3.8) is 0 Å². The molecule has 0 atom stereocenters. The van der Waals surface area contributed by atoms with Crippen LogP contribution in [0.2, 0.25) is 0 Å². The number of fused-ring (bicyclic) bond motifs is 1. The van der Waals surface area contributed by atoms with Gasteiger partial charge in [0.2, 0.25) is 0 Å². The number of aromatic amines is 1.